The number of anilines is 2. The number of aryl methyl sites for hydroxylation is 2. The minimum Gasteiger partial charge on any atom is -0.384 e. The van der Waals surface area contributed by atoms with Gasteiger partial charge >= 0.3 is 0 Å². The van der Waals surface area contributed by atoms with Crippen LogP contribution in [0, 0.1) is 5.92 Å². The molecule has 1 heterocycles. The van der Waals surface area contributed by atoms with Gasteiger partial charge in [0, 0.05) is 24.6 Å². The van der Waals surface area contributed by atoms with Gasteiger partial charge in [0.05, 0.1) is 11.3 Å². The second-order valence-electron chi connectivity index (χ2n) is 6.35. The molecule has 0 fully saturated rings. The zero-order valence-electron chi connectivity index (χ0n) is 15.0. The average Bonchev–Trinajstić information content (AvgIpc) is 2.60. The van der Waals surface area contributed by atoms with Gasteiger partial charge in [0.25, 0.3) is 5.91 Å². The molecule has 4 heteroatoms. The molecule has 0 spiro atoms. The second-order valence-corrected chi connectivity index (χ2v) is 6.35. The van der Waals surface area contributed by atoms with Gasteiger partial charge in [0.2, 0.25) is 0 Å². The molecule has 0 aliphatic heterocycles. The van der Waals surface area contributed by atoms with E-state index in [0.717, 1.165) is 41.9 Å². The minimum absolute atomic E-state index is 0.119. The van der Waals surface area contributed by atoms with Gasteiger partial charge in [-0.15, -0.1) is 0 Å². The zero-order valence-corrected chi connectivity index (χ0v) is 15.0. The van der Waals surface area contributed by atoms with E-state index < -0.39 is 0 Å². The molecule has 2 rings (SSSR count). The van der Waals surface area contributed by atoms with Crippen LogP contribution in [0.4, 0.5) is 11.4 Å². The van der Waals surface area contributed by atoms with Crippen molar-refractivity contribution in [1.29, 1.82) is 0 Å². The number of hydrogen-bond donors (Lipinski definition) is 2. The third-order valence-corrected chi connectivity index (χ3v) is 3.95. The Morgan fingerprint density at radius 2 is 1.79 bits per heavy atom. The van der Waals surface area contributed by atoms with Crippen LogP contribution < -0.4 is 10.6 Å². The van der Waals surface area contributed by atoms with Gasteiger partial charge < -0.3 is 10.6 Å². The van der Waals surface area contributed by atoms with E-state index in [1.807, 2.05) is 12.1 Å². The molecule has 0 bridgehead atoms. The molecule has 1 aromatic heterocycles. The first-order chi connectivity index (χ1) is 11.5. The fourth-order valence-corrected chi connectivity index (χ4v) is 2.57. The smallest absolute Gasteiger partial charge is 0.257 e. The number of amides is 1. The van der Waals surface area contributed by atoms with Crippen molar-refractivity contribution in [2.24, 2.45) is 5.92 Å². The van der Waals surface area contributed by atoms with E-state index in [4.69, 9.17) is 0 Å². The van der Waals surface area contributed by atoms with E-state index in [2.05, 4.69) is 55.4 Å². The lowest BCUT2D eigenvalue weighted by atomic mass is 10.0. The third kappa shape index (κ3) is 4.57. The zero-order chi connectivity index (χ0) is 17.5. The lowest BCUT2D eigenvalue weighted by molar-refractivity contribution is 0.102. The molecule has 0 radical (unpaired) electrons. The molecule has 128 valence electrons. The van der Waals surface area contributed by atoms with Crippen molar-refractivity contribution in [2.75, 3.05) is 17.2 Å². The van der Waals surface area contributed by atoms with Crippen molar-refractivity contribution in [1.82, 2.24) is 4.98 Å². The average molecular weight is 325 g/mol. The van der Waals surface area contributed by atoms with Crippen LogP contribution in [0.2, 0.25) is 0 Å². The standard InChI is InChI=1S/C20H27N3O/c1-5-15-8-7-9-16(6-2)19(15)23-20(24)17-10-18(13-21-12-17)22-11-14(3)4/h7-10,12-14,22H,5-6,11H2,1-4H3,(H,23,24). The maximum Gasteiger partial charge on any atom is 0.257 e. The first kappa shape index (κ1) is 18.0. The first-order valence-corrected chi connectivity index (χ1v) is 8.66. The Labute approximate surface area is 144 Å². The van der Waals surface area contributed by atoms with Crippen LogP contribution in [0.5, 0.6) is 0 Å². The van der Waals surface area contributed by atoms with Crippen molar-refractivity contribution < 1.29 is 4.79 Å². The number of rotatable bonds is 7. The van der Waals surface area contributed by atoms with Crippen molar-refractivity contribution >= 4 is 17.3 Å². The lowest BCUT2D eigenvalue weighted by Gasteiger charge is -2.15. The topological polar surface area (TPSA) is 54.0 Å². The number of carbonyl (C=O) groups excluding carboxylic acids is 1. The molecule has 2 N–H and O–H groups in total. The van der Waals surface area contributed by atoms with Crippen molar-refractivity contribution in [3.8, 4) is 0 Å². The van der Waals surface area contributed by atoms with Crippen LogP contribution >= 0.6 is 0 Å². The van der Waals surface area contributed by atoms with Gasteiger partial charge in [-0.05, 0) is 36.0 Å². The molecule has 1 amide bonds. The normalized spacial score (nSPS) is 10.7. The molecule has 0 aliphatic carbocycles. The summed E-state index contributed by atoms with van der Waals surface area (Å²) >= 11 is 0. The Hall–Kier alpha value is -2.36. The van der Waals surface area contributed by atoms with E-state index in [0.29, 0.717) is 11.5 Å². The summed E-state index contributed by atoms with van der Waals surface area (Å²) in [6, 6.07) is 8.03. The highest BCUT2D eigenvalue weighted by molar-refractivity contribution is 6.05. The highest BCUT2D eigenvalue weighted by atomic mass is 16.1. The Kier molecular flexibility index (Phi) is 6.36. The fourth-order valence-electron chi connectivity index (χ4n) is 2.57. The summed E-state index contributed by atoms with van der Waals surface area (Å²) in [5, 5.41) is 6.39. The molecule has 0 aliphatic rings. The molecular formula is C20H27N3O. The summed E-state index contributed by atoms with van der Waals surface area (Å²) in [6.07, 6.45) is 5.13. The number of hydrogen-bond acceptors (Lipinski definition) is 3. The molecular weight excluding hydrogens is 298 g/mol. The fraction of sp³-hybridized carbons (Fsp3) is 0.400. The van der Waals surface area contributed by atoms with Crippen LogP contribution in [0.3, 0.4) is 0 Å². The van der Waals surface area contributed by atoms with E-state index >= 15 is 0 Å². The van der Waals surface area contributed by atoms with E-state index in [1.165, 1.54) is 0 Å². The van der Waals surface area contributed by atoms with Crippen LogP contribution in [-0.4, -0.2) is 17.4 Å². The molecule has 2 aromatic rings. The van der Waals surface area contributed by atoms with E-state index in [9.17, 15) is 4.79 Å². The van der Waals surface area contributed by atoms with Gasteiger partial charge in [0.1, 0.15) is 0 Å². The van der Waals surface area contributed by atoms with Crippen molar-refractivity contribution in [3.05, 3.63) is 53.3 Å². The van der Waals surface area contributed by atoms with Gasteiger partial charge in [-0.1, -0.05) is 45.9 Å². The van der Waals surface area contributed by atoms with Crippen LogP contribution in [0.25, 0.3) is 0 Å². The Morgan fingerprint density at radius 3 is 2.38 bits per heavy atom. The van der Waals surface area contributed by atoms with E-state index in [-0.39, 0.29) is 5.91 Å². The quantitative estimate of drug-likeness (QED) is 0.786. The molecule has 0 saturated heterocycles. The highest BCUT2D eigenvalue weighted by Gasteiger charge is 2.12. The minimum atomic E-state index is -0.119. The monoisotopic (exact) mass is 325 g/mol. The summed E-state index contributed by atoms with van der Waals surface area (Å²) in [5.74, 6) is 0.414. The molecule has 0 unspecified atom stereocenters. The SMILES string of the molecule is CCc1cccc(CC)c1NC(=O)c1cncc(NCC(C)C)c1. The number of pyridine rings is 1. The molecule has 1 aromatic carbocycles. The summed E-state index contributed by atoms with van der Waals surface area (Å²) < 4.78 is 0. The summed E-state index contributed by atoms with van der Waals surface area (Å²) in [4.78, 5) is 16.8. The third-order valence-electron chi connectivity index (χ3n) is 3.95. The predicted octanol–water partition coefficient (Wildman–Crippen LogP) is 4.53. The van der Waals surface area contributed by atoms with Crippen molar-refractivity contribution in [3.63, 3.8) is 0 Å². The Balaban J connectivity index is 2.20. The Bertz CT molecular complexity index is 673. The maximum atomic E-state index is 12.7. The summed E-state index contributed by atoms with van der Waals surface area (Å²) in [7, 11) is 0. The van der Waals surface area contributed by atoms with Gasteiger partial charge in [0.15, 0.2) is 0 Å². The first-order valence-electron chi connectivity index (χ1n) is 8.66. The number of nitrogens with one attached hydrogen (secondary N) is 2. The lowest BCUT2D eigenvalue weighted by Crippen LogP contribution is -2.16. The predicted molar refractivity (Wildman–Crippen MR) is 101 cm³/mol. The van der Waals surface area contributed by atoms with Crippen LogP contribution in [0.1, 0.15) is 49.2 Å². The number of nitrogens with zero attached hydrogens (tertiary/aromatic N) is 1. The van der Waals surface area contributed by atoms with Gasteiger partial charge in [-0.2, -0.15) is 0 Å². The molecule has 0 atom stereocenters. The van der Waals surface area contributed by atoms with Gasteiger partial charge in [-0.3, -0.25) is 9.78 Å². The molecule has 4 nitrogen and oxygen atoms in total. The van der Waals surface area contributed by atoms with Crippen molar-refractivity contribution in [2.45, 2.75) is 40.5 Å². The van der Waals surface area contributed by atoms with Crippen LogP contribution in [0.15, 0.2) is 36.7 Å². The summed E-state index contributed by atoms with van der Waals surface area (Å²) in [5.41, 5.74) is 4.69. The Morgan fingerprint density at radius 1 is 1.12 bits per heavy atom. The highest BCUT2D eigenvalue weighted by Crippen LogP contribution is 2.23. The maximum absolute atomic E-state index is 12.7. The molecule has 24 heavy (non-hydrogen) atoms. The largest absolute Gasteiger partial charge is 0.384 e. The number of benzene rings is 1. The second kappa shape index (κ2) is 8.48. The summed E-state index contributed by atoms with van der Waals surface area (Å²) in [6.45, 7) is 9.34. The van der Waals surface area contributed by atoms with Gasteiger partial charge in [-0.25, -0.2) is 0 Å². The number of para-hydroxylation sites is 1. The number of carbonyl (C=O) groups is 1. The number of aromatic nitrogens is 1. The van der Waals surface area contributed by atoms with E-state index in [1.54, 1.807) is 12.4 Å². The molecule has 0 saturated carbocycles. The van der Waals surface area contributed by atoms with Crippen LogP contribution in [-0.2, 0) is 12.8 Å².